The molecular formula is C17H18O4S. The van der Waals surface area contributed by atoms with Crippen molar-refractivity contribution in [3.05, 3.63) is 42.0 Å². The molecule has 0 spiro atoms. The summed E-state index contributed by atoms with van der Waals surface area (Å²) in [4.78, 5) is 24.9. The van der Waals surface area contributed by atoms with Gasteiger partial charge in [0.25, 0.3) is 0 Å². The van der Waals surface area contributed by atoms with Gasteiger partial charge in [-0.15, -0.1) is 11.8 Å². The number of benzene rings is 1. The Morgan fingerprint density at radius 3 is 2.41 bits per heavy atom. The summed E-state index contributed by atoms with van der Waals surface area (Å²) in [6, 6.07) is 7.81. The molecule has 1 fully saturated rings. The first-order chi connectivity index (χ1) is 10.6. The highest BCUT2D eigenvalue weighted by molar-refractivity contribution is 7.98. The minimum absolute atomic E-state index is 0.0115. The lowest BCUT2D eigenvalue weighted by Crippen LogP contribution is -2.34. The molecule has 2 bridgehead atoms. The van der Waals surface area contributed by atoms with Gasteiger partial charge in [0.2, 0.25) is 0 Å². The Labute approximate surface area is 133 Å². The Kier molecular flexibility index (Phi) is 4.25. The number of carboxylic acids is 1. The van der Waals surface area contributed by atoms with Crippen molar-refractivity contribution in [2.75, 3.05) is 6.26 Å². The van der Waals surface area contributed by atoms with Crippen LogP contribution in [-0.2, 0) is 20.9 Å². The van der Waals surface area contributed by atoms with Crippen LogP contribution >= 0.6 is 11.8 Å². The average molecular weight is 318 g/mol. The molecule has 0 radical (unpaired) electrons. The maximum Gasteiger partial charge on any atom is 0.310 e. The van der Waals surface area contributed by atoms with Crippen LogP contribution in [0.4, 0.5) is 0 Å². The highest BCUT2D eigenvalue weighted by atomic mass is 32.2. The summed E-state index contributed by atoms with van der Waals surface area (Å²) < 4.78 is 5.38. The summed E-state index contributed by atoms with van der Waals surface area (Å²) >= 11 is 1.65. The van der Waals surface area contributed by atoms with Crippen LogP contribution in [0, 0.1) is 23.7 Å². The number of hydrogen-bond donors (Lipinski definition) is 1. The Hall–Kier alpha value is -1.75. The molecule has 4 atom stereocenters. The highest BCUT2D eigenvalue weighted by Crippen LogP contribution is 2.48. The lowest BCUT2D eigenvalue weighted by Gasteiger charge is -2.23. The third-order valence-electron chi connectivity index (χ3n) is 4.56. The van der Waals surface area contributed by atoms with Gasteiger partial charge >= 0.3 is 11.9 Å². The minimum Gasteiger partial charge on any atom is -0.481 e. The molecule has 3 rings (SSSR count). The van der Waals surface area contributed by atoms with Gasteiger partial charge in [-0.25, -0.2) is 0 Å². The smallest absolute Gasteiger partial charge is 0.310 e. The van der Waals surface area contributed by atoms with Crippen LogP contribution in [0.3, 0.4) is 0 Å². The van der Waals surface area contributed by atoms with Gasteiger partial charge in [-0.1, -0.05) is 24.3 Å². The van der Waals surface area contributed by atoms with E-state index >= 15 is 0 Å². The second-order valence-electron chi connectivity index (χ2n) is 5.79. The van der Waals surface area contributed by atoms with E-state index in [0.717, 1.165) is 16.9 Å². The van der Waals surface area contributed by atoms with Gasteiger partial charge in [0.15, 0.2) is 0 Å². The first-order valence-electron chi connectivity index (χ1n) is 7.31. The first-order valence-corrected chi connectivity index (χ1v) is 8.53. The van der Waals surface area contributed by atoms with E-state index in [9.17, 15) is 14.7 Å². The van der Waals surface area contributed by atoms with Crippen molar-refractivity contribution in [3.8, 4) is 0 Å². The Morgan fingerprint density at radius 2 is 1.82 bits per heavy atom. The molecule has 1 saturated carbocycles. The molecule has 116 valence electrons. The van der Waals surface area contributed by atoms with Crippen molar-refractivity contribution < 1.29 is 19.4 Å². The predicted octanol–water partition coefficient (Wildman–Crippen LogP) is 2.97. The van der Waals surface area contributed by atoms with Crippen molar-refractivity contribution in [2.45, 2.75) is 17.9 Å². The zero-order valence-corrected chi connectivity index (χ0v) is 13.1. The molecule has 1 aromatic carbocycles. The van der Waals surface area contributed by atoms with E-state index in [1.54, 1.807) is 11.8 Å². The van der Waals surface area contributed by atoms with E-state index in [1.165, 1.54) is 0 Å². The number of carbonyl (C=O) groups excluding carboxylic acids is 1. The third-order valence-corrected chi connectivity index (χ3v) is 5.30. The Morgan fingerprint density at radius 1 is 1.18 bits per heavy atom. The fraction of sp³-hybridized carbons (Fsp3) is 0.412. The molecule has 0 amide bonds. The number of esters is 1. The van der Waals surface area contributed by atoms with Crippen LogP contribution in [0.15, 0.2) is 41.3 Å². The Bertz CT molecular complexity index is 608. The van der Waals surface area contributed by atoms with Crippen LogP contribution in [0.5, 0.6) is 0 Å². The first kappa shape index (κ1) is 15.2. The summed E-state index contributed by atoms with van der Waals surface area (Å²) in [5, 5.41) is 9.35. The molecule has 1 aromatic rings. The number of ether oxygens (including phenoxy) is 1. The lowest BCUT2D eigenvalue weighted by molar-refractivity contribution is -0.159. The molecule has 0 unspecified atom stereocenters. The average Bonchev–Trinajstić information content (AvgIpc) is 3.14. The van der Waals surface area contributed by atoms with Crippen LogP contribution in [0.25, 0.3) is 0 Å². The quantitative estimate of drug-likeness (QED) is 0.514. The Balaban J connectivity index is 1.64. The molecule has 0 heterocycles. The fourth-order valence-electron chi connectivity index (χ4n) is 3.45. The summed E-state index contributed by atoms with van der Waals surface area (Å²) in [5.74, 6) is -2.49. The summed E-state index contributed by atoms with van der Waals surface area (Å²) in [7, 11) is 0. The fourth-order valence-corrected chi connectivity index (χ4v) is 3.86. The van der Waals surface area contributed by atoms with Crippen LogP contribution in [0.2, 0.25) is 0 Å². The standard InChI is InChI=1S/C17H18O4S/c1-22-13-6-2-10(3-7-13)9-21-17(20)15-12-5-4-11(8-12)14(15)16(18)19/h2-7,11-12,14-15H,8-9H2,1H3,(H,18,19)/t11-,12-,14-,15+/m0/s1. The number of carbonyl (C=O) groups is 2. The molecule has 4 nitrogen and oxygen atoms in total. The van der Waals surface area contributed by atoms with Gasteiger partial charge in [0.1, 0.15) is 6.61 Å². The van der Waals surface area contributed by atoms with E-state index in [-0.39, 0.29) is 18.4 Å². The molecule has 0 aliphatic heterocycles. The van der Waals surface area contributed by atoms with Gasteiger partial charge in [-0.3, -0.25) is 9.59 Å². The molecule has 1 N–H and O–H groups in total. The van der Waals surface area contributed by atoms with E-state index in [4.69, 9.17) is 4.74 Å². The maximum atomic E-state index is 12.3. The summed E-state index contributed by atoms with van der Waals surface area (Å²) in [6.45, 7) is 0.192. The van der Waals surface area contributed by atoms with Crippen molar-refractivity contribution in [1.82, 2.24) is 0 Å². The van der Waals surface area contributed by atoms with Gasteiger partial charge in [-0.2, -0.15) is 0 Å². The maximum absolute atomic E-state index is 12.3. The monoisotopic (exact) mass is 318 g/mol. The predicted molar refractivity (Wildman–Crippen MR) is 83.4 cm³/mol. The number of rotatable bonds is 5. The molecule has 22 heavy (non-hydrogen) atoms. The van der Waals surface area contributed by atoms with Crippen molar-refractivity contribution in [2.24, 2.45) is 23.7 Å². The normalized spacial score (nSPS) is 28.8. The lowest BCUT2D eigenvalue weighted by atomic mass is 9.83. The topological polar surface area (TPSA) is 63.6 Å². The molecule has 5 heteroatoms. The number of allylic oxidation sites excluding steroid dienone is 2. The van der Waals surface area contributed by atoms with Crippen molar-refractivity contribution in [1.29, 1.82) is 0 Å². The van der Waals surface area contributed by atoms with E-state index in [1.807, 2.05) is 42.7 Å². The molecular weight excluding hydrogens is 300 g/mol. The molecule has 0 saturated heterocycles. The number of carboxylic acid groups (broad SMARTS) is 1. The molecule has 2 aliphatic carbocycles. The van der Waals surface area contributed by atoms with E-state index in [0.29, 0.717) is 0 Å². The van der Waals surface area contributed by atoms with Gasteiger partial charge < -0.3 is 9.84 Å². The van der Waals surface area contributed by atoms with E-state index < -0.39 is 23.8 Å². The van der Waals surface area contributed by atoms with Crippen LogP contribution < -0.4 is 0 Å². The number of aliphatic carboxylic acids is 1. The third kappa shape index (κ3) is 2.77. The van der Waals surface area contributed by atoms with Crippen molar-refractivity contribution >= 4 is 23.7 Å². The van der Waals surface area contributed by atoms with Gasteiger partial charge in [0, 0.05) is 4.90 Å². The summed E-state index contributed by atoms with van der Waals surface area (Å²) in [6.07, 6.45) is 6.64. The van der Waals surface area contributed by atoms with Crippen molar-refractivity contribution in [3.63, 3.8) is 0 Å². The largest absolute Gasteiger partial charge is 0.481 e. The SMILES string of the molecule is CSc1ccc(COC(=O)[C@H]2[C@@H](C(=O)O)[C@H]3C=C[C@H]2C3)cc1. The zero-order valence-electron chi connectivity index (χ0n) is 12.3. The number of thioether (sulfide) groups is 1. The van der Waals surface area contributed by atoms with Crippen LogP contribution in [0.1, 0.15) is 12.0 Å². The zero-order chi connectivity index (χ0) is 15.7. The van der Waals surface area contributed by atoms with E-state index in [2.05, 4.69) is 0 Å². The molecule has 2 aliphatic rings. The summed E-state index contributed by atoms with van der Waals surface area (Å²) in [5.41, 5.74) is 0.914. The molecule has 0 aromatic heterocycles. The number of hydrogen-bond acceptors (Lipinski definition) is 4. The number of fused-ring (bicyclic) bond motifs is 2. The second kappa shape index (κ2) is 6.16. The van der Waals surface area contributed by atoms with Gasteiger partial charge in [0.05, 0.1) is 11.8 Å². The highest BCUT2D eigenvalue weighted by Gasteiger charge is 2.52. The van der Waals surface area contributed by atoms with Gasteiger partial charge in [-0.05, 0) is 42.2 Å². The minimum atomic E-state index is -0.900. The van der Waals surface area contributed by atoms with Crippen LogP contribution in [-0.4, -0.2) is 23.3 Å². The second-order valence-corrected chi connectivity index (χ2v) is 6.67.